The molecular formula is C19H35N5O. The summed E-state index contributed by atoms with van der Waals surface area (Å²) in [4.78, 5) is 6.68. The van der Waals surface area contributed by atoms with E-state index in [-0.39, 0.29) is 0 Å². The topological polar surface area (TPSA) is 65.7 Å². The van der Waals surface area contributed by atoms with E-state index in [0.29, 0.717) is 18.5 Å². The van der Waals surface area contributed by atoms with Crippen LogP contribution in [0, 0.1) is 5.92 Å². The highest BCUT2D eigenvalue weighted by Gasteiger charge is 2.25. The van der Waals surface area contributed by atoms with Crippen LogP contribution < -0.4 is 10.6 Å². The van der Waals surface area contributed by atoms with Crippen LogP contribution in [0.5, 0.6) is 0 Å². The van der Waals surface area contributed by atoms with Crippen molar-refractivity contribution in [3.8, 4) is 0 Å². The molecule has 1 heterocycles. The van der Waals surface area contributed by atoms with Crippen LogP contribution in [-0.2, 0) is 6.54 Å². The van der Waals surface area contributed by atoms with Gasteiger partial charge in [-0.1, -0.05) is 38.3 Å². The SMILES string of the molecule is CN=C(NCc1cc(C(C)C)no1)NCC(C1CCCCC1)N(C)C. The lowest BCUT2D eigenvalue weighted by Gasteiger charge is -2.35. The minimum atomic E-state index is 0.381. The standard InChI is InChI=1S/C19H35N5O/c1-14(2)17-11-16(25-23-17)12-21-19(20-3)22-13-18(24(4)5)15-9-7-6-8-10-15/h11,14-15,18H,6-10,12-13H2,1-5H3,(H2,20,21,22). The van der Waals surface area contributed by atoms with Gasteiger partial charge in [-0.25, -0.2) is 0 Å². The molecule has 1 aromatic heterocycles. The van der Waals surface area contributed by atoms with Gasteiger partial charge in [0, 0.05) is 25.7 Å². The summed E-state index contributed by atoms with van der Waals surface area (Å²) in [7, 11) is 6.17. The smallest absolute Gasteiger partial charge is 0.191 e. The van der Waals surface area contributed by atoms with Crippen LogP contribution in [0.15, 0.2) is 15.6 Å². The highest BCUT2D eigenvalue weighted by atomic mass is 16.5. The Balaban J connectivity index is 1.83. The van der Waals surface area contributed by atoms with Crippen LogP contribution in [0.4, 0.5) is 0 Å². The summed E-state index contributed by atoms with van der Waals surface area (Å²) < 4.78 is 5.38. The fraction of sp³-hybridized carbons (Fsp3) is 0.789. The summed E-state index contributed by atoms with van der Waals surface area (Å²) >= 11 is 0. The van der Waals surface area contributed by atoms with Gasteiger partial charge < -0.3 is 20.1 Å². The maximum absolute atomic E-state index is 5.38. The molecule has 2 rings (SSSR count). The fourth-order valence-electron chi connectivity index (χ4n) is 3.57. The van der Waals surface area contributed by atoms with Crippen molar-refractivity contribution in [1.82, 2.24) is 20.7 Å². The minimum absolute atomic E-state index is 0.381. The second kappa shape index (κ2) is 9.80. The van der Waals surface area contributed by atoms with Gasteiger partial charge >= 0.3 is 0 Å². The summed E-state index contributed by atoms with van der Waals surface area (Å²) in [6, 6.07) is 2.55. The molecule has 6 nitrogen and oxygen atoms in total. The summed E-state index contributed by atoms with van der Waals surface area (Å²) in [6.07, 6.45) is 6.80. The maximum atomic E-state index is 5.38. The fourth-order valence-corrected chi connectivity index (χ4v) is 3.57. The summed E-state index contributed by atoms with van der Waals surface area (Å²) in [5.41, 5.74) is 0.990. The molecule has 142 valence electrons. The van der Waals surface area contributed by atoms with Gasteiger partial charge in [0.15, 0.2) is 11.7 Å². The number of nitrogens with zero attached hydrogens (tertiary/aromatic N) is 3. The molecule has 1 aromatic rings. The van der Waals surface area contributed by atoms with Gasteiger partial charge in [0.2, 0.25) is 0 Å². The third-order valence-corrected chi connectivity index (χ3v) is 5.16. The van der Waals surface area contributed by atoms with Crippen LogP contribution >= 0.6 is 0 Å². The van der Waals surface area contributed by atoms with Crippen molar-refractivity contribution >= 4 is 5.96 Å². The number of rotatable bonds is 7. The van der Waals surface area contributed by atoms with E-state index < -0.39 is 0 Å². The Morgan fingerprint density at radius 2 is 2.00 bits per heavy atom. The predicted molar refractivity (Wildman–Crippen MR) is 103 cm³/mol. The first-order chi connectivity index (χ1) is 12.0. The number of nitrogens with one attached hydrogen (secondary N) is 2. The molecule has 1 aliphatic carbocycles. The molecule has 2 N–H and O–H groups in total. The Labute approximate surface area is 152 Å². The van der Waals surface area contributed by atoms with Crippen molar-refractivity contribution in [3.63, 3.8) is 0 Å². The molecule has 0 spiro atoms. The lowest BCUT2D eigenvalue weighted by molar-refractivity contribution is 0.171. The van der Waals surface area contributed by atoms with Gasteiger partial charge in [0.1, 0.15) is 0 Å². The highest BCUT2D eigenvalue weighted by molar-refractivity contribution is 5.79. The minimum Gasteiger partial charge on any atom is -0.359 e. The monoisotopic (exact) mass is 349 g/mol. The first-order valence-electron chi connectivity index (χ1n) is 9.57. The molecule has 1 unspecified atom stereocenters. The van der Waals surface area contributed by atoms with Crippen LogP contribution in [0.1, 0.15) is 63.3 Å². The zero-order chi connectivity index (χ0) is 18.2. The van der Waals surface area contributed by atoms with Crippen LogP contribution in [0.3, 0.4) is 0 Å². The number of hydrogen-bond acceptors (Lipinski definition) is 4. The Bertz CT molecular complexity index is 532. The van der Waals surface area contributed by atoms with E-state index in [1.54, 1.807) is 7.05 Å². The van der Waals surface area contributed by atoms with Gasteiger partial charge in [-0.3, -0.25) is 4.99 Å². The quantitative estimate of drug-likeness (QED) is 0.585. The van der Waals surface area contributed by atoms with E-state index >= 15 is 0 Å². The Morgan fingerprint density at radius 1 is 1.28 bits per heavy atom. The molecule has 0 bridgehead atoms. The van der Waals surface area contributed by atoms with Crippen LogP contribution in [-0.4, -0.2) is 49.7 Å². The molecular weight excluding hydrogens is 314 g/mol. The van der Waals surface area contributed by atoms with E-state index in [4.69, 9.17) is 4.52 Å². The molecule has 6 heteroatoms. The van der Waals surface area contributed by atoms with E-state index in [1.165, 1.54) is 32.1 Å². The summed E-state index contributed by atoms with van der Waals surface area (Å²) in [5.74, 6) is 2.80. The highest BCUT2D eigenvalue weighted by Crippen LogP contribution is 2.28. The Kier molecular flexibility index (Phi) is 7.75. The summed E-state index contributed by atoms with van der Waals surface area (Å²) in [5, 5.41) is 10.9. The number of guanidine groups is 1. The molecule has 1 fully saturated rings. The average Bonchev–Trinajstić information content (AvgIpc) is 3.08. The van der Waals surface area contributed by atoms with E-state index in [0.717, 1.165) is 29.9 Å². The number of aliphatic imine (C=N–C) groups is 1. The van der Waals surface area contributed by atoms with Crippen molar-refractivity contribution in [2.75, 3.05) is 27.7 Å². The third-order valence-electron chi connectivity index (χ3n) is 5.16. The van der Waals surface area contributed by atoms with Crippen molar-refractivity contribution in [2.24, 2.45) is 10.9 Å². The van der Waals surface area contributed by atoms with E-state index in [2.05, 4.69) is 53.6 Å². The largest absolute Gasteiger partial charge is 0.359 e. The molecule has 1 aliphatic rings. The second-order valence-electron chi connectivity index (χ2n) is 7.61. The molecule has 25 heavy (non-hydrogen) atoms. The number of likely N-dealkylation sites (N-methyl/N-ethyl adjacent to an activating group) is 1. The van der Waals surface area contributed by atoms with Gasteiger partial charge in [0.25, 0.3) is 0 Å². The lowest BCUT2D eigenvalue weighted by Crippen LogP contribution is -2.48. The molecule has 1 saturated carbocycles. The van der Waals surface area contributed by atoms with Crippen LogP contribution in [0.25, 0.3) is 0 Å². The first kappa shape index (κ1) is 19.8. The number of aromatic nitrogens is 1. The van der Waals surface area contributed by atoms with E-state index in [9.17, 15) is 0 Å². The zero-order valence-electron chi connectivity index (χ0n) is 16.5. The van der Waals surface area contributed by atoms with Crippen molar-refractivity contribution in [2.45, 2.75) is 64.5 Å². The van der Waals surface area contributed by atoms with Crippen molar-refractivity contribution in [1.29, 1.82) is 0 Å². The van der Waals surface area contributed by atoms with Gasteiger partial charge in [-0.2, -0.15) is 0 Å². The van der Waals surface area contributed by atoms with Crippen molar-refractivity contribution < 1.29 is 4.52 Å². The Morgan fingerprint density at radius 3 is 2.56 bits per heavy atom. The van der Waals surface area contributed by atoms with Crippen molar-refractivity contribution in [3.05, 3.63) is 17.5 Å². The van der Waals surface area contributed by atoms with Crippen LogP contribution in [0.2, 0.25) is 0 Å². The molecule has 1 atom stereocenters. The number of hydrogen-bond donors (Lipinski definition) is 2. The predicted octanol–water partition coefficient (Wildman–Crippen LogP) is 2.97. The first-order valence-corrected chi connectivity index (χ1v) is 9.57. The maximum Gasteiger partial charge on any atom is 0.191 e. The Hall–Kier alpha value is -1.56. The normalized spacial score (nSPS) is 18.0. The van der Waals surface area contributed by atoms with E-state index in [1.807, 2.05) is 6.07 Å². The second-order valence-corrected chi connectivity index (χ2v) is 7.61. The average molecular weight is 350 g/mol. The molecule has 0 radical (unpaired) electrons. The van der Waals surface area contributed by atoms with Gasteiger partial charge in [-0.15, -0.1) is 0 Å². The molecule has 0 amide bonds. The zero-order valence-corrected chi connectivity index (χ0v) is 16.5. The molecule has 0 aromatic carbocycles. The van der Waals surface area contributed by atoms with Gasteiger partial charge in [0.05, 0.1) is 12.2 Å². The molecule has 0 saturated heterocycles. The summed E-state index contributed by atoms with van der Waals surface area (Å²) in [6.45, 7) is 5.73. The lowest BCUT2D eigenvalue weighted by atomic mass is 9.83. The molecule has 0 aliphatic heterocycles. The third kappa shape index (κ3) is 6.03. The van der Waals surface area contributed by atoms with Gasteiger partial charge in [-0.05, 0) is 38.8 Å².